The van der Waals surface area contributed by atoms with Crippen molar-refractivity contribution < 1.29 is 4.74 Å². The molecule has 0 saturated carbocycles. The number of H-pyrrole nitrogens is 1. The van der Waals surface area contributed by atoms with E-state index in [4.69, 9.17) is 16.3 Å². The average molecular weight is 266 g/mol. The van der Waals surface area contributed by atoms with Gasteiger partial charge in [0.15, 0.2) is 0 Å². The first-order valence-corrected chi connectivity index (χ1v) is 6.63. The zero-order valence-corrected chi connectivity index (χ0v) is 10.9. The van der Waals surface area contributed by atoms with E-state index in [2.05, 4.69) is 20.9 Å². The Kier molecular flexibility index (Phi) is 3.50. The molecule has 18 heavy (non-hydrogen) atoms. The molecule has 2 aromatic rings. The monoisotopic (exact) mass is 265 g/mol. The SMILES string of the molecule is Clc1nccc2[nH]c(CCN3CCOCC3)cc12. The van der Waals surface area contributed by atoms with Crippen molar-refractivity contribution in [2.45, 2.75) is 6.42 Å². The van der Waals surface area contributed by atoms with Crippen LogP contribution in [-0.2, 0) is 11.2 Å². The molecule has 1 aliphatic heterocycles. The number of ether oxygens (including phenoxy) is 1. The van der Waals surface area contributed by atoms with Gasteiger partial charge in [-0.15, -0.1) is 0 Å². The van der Waals surface area contributed by atoms with Crippen LogP contribution < -0.4 is 0 Å². The zero-order valence-electron chi connectivity index (χ0n) is 10.2. The molecule has 0 aromatic carbocycles. The summed E-state index contributed by atoms with van der Waals surface area (Å²) in [4.78, 5) is 9.91. The minimum atomic E-state index is 0.571. The molecule has 0 unspecified atom stereocenters. The number of rotatable bonds is 3. The summed E-state index contributed by atoms with van der Waals surface area (Å²) in [6.07, 6.45) is 2.73. The number of pyridine rings is 1. The number of hydrogen-bond donors (Lipinski definition) is 1. The van der Waals surface area contributed by atoms with E-state index in [0.29, 0.717) is 5.15 Å². The van der Waals surface area contributed by atoms with Crippen LogP contribution in [0.1, 0.15) is 5.69 Å². The van der Waals surface area contributed by atoms with Crippen molar-refractivity contribution in [3.05, 3.63) is 29.2 Å². The first kappa shape index (κ1) is 12.0. The van der Waals surface area contributed by atoms with Crippen LogP contribution in [0.4, 0.5) is 0 Å². The predicted octanol–water partition coefficient (Wildman–Crippen LogP) is 2.09. The fraction of sp³-hybridized carbons (Fsp3) is 0.462. The molecule has 0 radical (unpaired) electrons. The summed E-state index contributed by atoms with van der Waals surface area (Å²) in [6.45, 7) is 4.82. The van der Waals surface area contributed by atoms with E-state index in [1.165, 1.54) is 5.69 Å². The molecule has 0 spiro atoms. The molecule has 1 fully saturated rings. The van der Waals surface area contributed by atoms with E-state index in [1.807, 2.05) is 6.07 Å². The van der Waals surface area contributed by atoms with Gasteiger partial charge in [0.1, 0.15) is 5.15 Å². The molecule has 0 bridgehead atoms. The van der Waals surface area contributed by atoms with E-state index < -0.39 is 0 Å². The van der Waals surface area contributed by atoms with E-state index in [1.54, 1.807) is 6.20 Å². The quantitative estimate of drug-likeness (QED) is 0.864. The number of hydrogen-bond acceptors (Lipinski definition) is 3. The molecular formula is C13H16ClN3O. The number of nitrogens with one attached hydrogen (secondary N) is 1. The Bertz CT molecular complexity index is 534. The third-order valence-corrected chi connectivity index (χ3v) is 3.66. The van der Waals surface area contributed by atoms with Gasteiger partial charge in [0.2, 0.25) is 0 Å². The average Bonchev–Trinajstić information content (AvgIpc) is 2.82. The van der Waals surface area contributed by atoms with Gasteiger partial charge < -0.3 is 9.72 Å². The second-order valence-electron chi connectivity index (χ2n) is 4.56. The van der Waals surface area contributed by atoms with Crippen molar-refractivity contribution in [2.24, 2.45) is 0 Å². The summed E-state index contributed by atoms with van der Waals surface area (Å²) in [6, 6.07) is 4.06. The second kappa shape index (κ2) is 5.26. The van der Waals surface area contributed by atoms with Crippen molar-refractivity contribution in [3.8, 4) is 0 Å². The molecule has 5 heteroatoms. The maximum Gasteiger partial charge on any atom is 0.138 e. The fourth-order valence-electron chi connectivity index (χ4n) is 2.32. The lowest BCUT2D eigenvalue weighted by atomic mass is 10.2. The molecule has 0 amide bonds. The highest BCUT2D eigenvalue weighted by Crippen LogP contribution is 2.22. The maximum absolute atomic E-state index is 6.06. The van der Waals surface area contributed by atoms with Gasteiger partial charge in [-0.1, -0.05) is 11.6 Å². The first-order valence-electron chi connectivity index (χ1n) is 6.25. The van der Waals surface area contributed by atoms with Crippen molar-refractivity contribution >= 4 is 22.5 Å². The van der Waals surface area contributed by atoms with Gasteiger partial charge in [0.05, 0.1) is 18.7 Å². The number of morpholine rings is 1. The zero-order chi connectivity index (χ0) is 12.4. The Morgan fingerprint density at radius 2 is 2.22 bits per heavy atom. The standard InChI is InChI=1S/C13H16ClN3O/c14-13-11-9-10(16-12(11)1-3-15-13)2-4-17-5-7-18-8-6-17/h1,3,9,16H,2,4-8H2. The topological polar surface area (TPSA) is 41.2 Å². The third kappa shape index (κ3) is 2.51. The molecule has 0 atom stereocenters. The summed E-state index contributed by atoms with van der Waals surface area (Å²) < 4.78 is 5.34. The van der Waals surface area contributed by atoms with Gasteiger partial charge in [-0.25, -0.2) is 4.98 Å². The normalized spacial score (nSPS) is 17.4. The van der Waals surface area contributed by atoms with Crippen molar-refractivity contribution in [2.75, 3.05) is 32.8 Å². The van der Waals surface area contributed by atoms with Gasteiger partial charge in [-0.3, -0.25) is 4.90 Å². The Hall–Kier alpha value is -1.10. The maximum atomic E-state index is 6.06. The largest absolute Gasteiger partial charge is 0.379 e. The van der Waals surface area contributed by atoms with Crippen LogP contribution in [0.5, 0.6) is 0 Å². The van der Waals surface area contributed by atoms with Gasteiger partial charge >= 0.3 is 0 Å². The highest BCUT2D eigenvalue weighted by atomic mass is 35.5. The van der Waals surface area contributed by atoms with E-state index in [9.17, 15) is 0 Å². The molecule has 1 aliphatic rings. The third-order valence-electron chi connectivity index (χ3n) is 3.36. The molecule has 3 rings (SSSR count). The molecule has 4 nitrogen and oxygen atoms in total. The van der Waals surface area contributed by atoms with E-state index in [0.717, 1.165) is 50.2 Å². The van der Waals surface area contributed by atoms with Crippen LogP contribution in [-0.4, -0.2) is 47.7 Å². The molecule has 0 aliphatic carbocycles. The van der Waals surface area contributed by atoms with Crippen molar-refractivity contribution in [1.29, 1.82) is 0 Å². The number of aromatic amines is 1. The van der Waals surface area contributed by atoms with Gasteiger partial charge in [-0.2, -0.15) is 0 Å². The Morgan fingerprint density at radius 3 is 3.00 bits per heavy atom. The highest BCUT2D eigenvalue weighted by Gasteiger charge is 2.11. The number of nitrogens with zero attached hydrogens (tertiary/aromatic N) is 2. The number of aromatic nitrogens is 2. The molecule has 1 saturated heterocycles. The van der Waals surface area contributed by atoms with E-state index >= 15 is 0 Å². The smallest absolute Gasteiger partial charge is 0.138 e. The highest BCUT2D eigenvalue weighted by molar-refractivity contribution is 6.34. The van der Waals surface area contributed by atoms with Crippen molar-refractivity contribution in [3.63, 3.8) is 0 Å². The lowest BCUT2D eigenvalue weighted by Gasteiger charge is -2.26. The lowest BCUT2D eigenvalue weighted by Crippen LogP contribution is -2.37. The minimum Gasteiger partial charge on any atom is -0.379 e. The van der Waals surface area contributed by atoms with Crippen LogP contribution in [0, 0.1) is 0 Å². The van der Waals surface area contributed by atoms with E-state index in [-0.39, 0.29) is 0 Å². The van der Waals surface area contributed by atoms with Crippen molar-refractivity contribution in [1.82, 2.24) is 14.9 Å². The summed E-state index contributed by atoms with van der Waals surface area (Å²) in [7, 11) is 0. The Balaban J connectivity index is 1.69. The summed E-state index contributed by atoms with van der Waals surface area (Å²) in [5.41, 5.74) is 2.28. The van der Waals surface area contributed by atoms with Gasteiger partial charge in [-0.05, 0) is 12.1 Å². The molecule has 2 aromatic heterocycles. The van der Waals surface area contributed by atoms with Crippen LogP contribution >= 0.6 is 11.6 Å². The van der Waals surface area contributed by atoms with Gasteiger partial charge in [0, 0.05) is 43.3 Å². The Morgan fingerprint density at radius 1 is 1.39 bits per heavy atom. The van der Waals surface area contributed by atoms with Gasteiger partial charge in [0.25, 0.3) is 0 Å². The second-order valence-corrected chi connectivity index (χ2v) is 4.92. The number of halogens is 1. The Labute approximate surface area is 111 Å². The summed E-state index contributed by atoms with van der Waals surface area (Å²) in [5, 5.41) is 1.58. The summed E-state index contributed by atoms with van der Waals surface area (Å²) in [5.74, 6) is 0. The first-order chi connectivity index (χ1) is 8.83. The van der Waals surface area contributed by atoms with Crippen LogP contribution in [0.15, 0.2) is 18.3 Å². The molecule has 96 valence electrons. The number of fused-ring (bicyclic) bond motifs is 1. The van der Waals surface area contributed by atoms with Crippen LogP contribution in [0.25, 0.3) is 10.9 Å². The minimum absolute atomic E-state index is 0.571. The molecular weight excluding hydrogens is 250 g/mol. The molecule has 1 N–H and O–H groups in total. The summed E-state index contributed by atoms with van der Waals surface area (Å²) >= 11 is 6.06. The predicted molar refractivity (Wildman–Crippen MR) is 72.1 cm³/mol. The fourth-order valence-corrected chi connectivity index (χ4v) is 2.53. The lowest BCUT2D eigenvalue weighted by molar-refractivity contribution is 0.0383. The molecule has 3 heterocycles. The van der Waals surface area contributed by atoms with Crippen LogP contribution in [0.3, 0.4) is 0 Å². The van der Waals surface area contributed by atoms with Crippen LogP contribution in [0.2, 0.25) is 5.15 Å².